The Bertz CT molecular complexity index is 1310. The number of nitrogens with one attached hydrogen (secondary N) is 2. The van der Waals surface area contributed by atoms with Crippen molar-refractivity contribution in [3.63, 3.8) is 0 Å². The molecule has 0 radical (unpaired) electrons. The summed E-state index contributed by atoms with van der Waals surface area (Å²) in [4.78, 5) is 50.1. The second-order valence-electron chi connectivity index (χ2n) is 14.4. The standard InChI is InChI=1S/C33H47N3O8/c1-20(37)43-26-17-33(41)25-6-5-22-16-23(44-30(40)35-13-15-36-14-12-34-27(38)18-36)8-10-31(22,2)24(25)9-11-32(33,3)29(26)21-4-7-28(39)42-19-21/h4,7,19,22-26,29,41H,5-6,8-18H2,1-3H3,(H,34,38)(H,35,40). The fraction of sp³-hybridized carbons (Fsp3) is 0.758. The van der Waals surface area contributed by atoms with Crippen molar-refractivity contribution >= 4 is 18.0 Å². The van der Waals surface area contributed by atoms with Crippen molar-refractivity contribution in [3.05, 3.63) is 34.4 Å². The van der Waals surface area contributed by atoms with Crippen molar-refractivity contribution in [1.82, 2.24) is 15.5 Å². The molecule has 4 aliphatic carbocycles. The number of aliphatic hydroxyl groups is 1. The highest BCUT2D eigenvalue weighted by Gasteiger charge is 2.70. The molecule has 1 aromatic rings. The Hall–Kier alpha value is -2.92. The summed E-state index contributed by atoms with van der Waals surface area (Å²) in [6.07, 6.45) is 6.84. The van der Waals surface area contributed by atoms with Crippen molar-refractivity contribution < 1.29 is 33.4 Å². The third-order valence-corrected chi connectivity index (χ3v) is 12.3. The van der Waals surface area contributed by atoms with Crippen LogP contribution in [0.2, 0.25) is 0 Å². The molecule has 11 heteroatoms. The second-order valence-corrected chi connectivity index (χ2v) is 14.4. The molecule has 11 nitrogen and oxygen atoms in total. The van der Waals surface area contributed by atoms with Gasteiger partial charge in [-0.2, -0.15) is 0 Å². The zero-order chi connectivity index (χ0) is 31.3. The molecule has 5 aliphatic rings. The van der Waals surface area contributed by atoms with Crippen molar-refractivity contribution in [2.45, 2.75) is 95.9 Å². The summed E-state index contributed by atoms with van der Waals surface area (Å²) in [5.41, 5.74) is -1.22. The summed E-state index contributed by atoms with van der Waals surface area (Å²) >= 11 is 0. The van der Waals surface area contributed by atoms with Crippen LogP contribution in [-0.2, 0) is 19.1 Å². The van der Waals surface area contributed by atoms with Gasteiger partial charge in [0.15, 0.2) is 0 Å². The van der Waals surface area contributed by atoms with Gasteiger partial charge in [0.2, 0.25) is 5.91 Å². The minimum Gasteiger partial charge on any atom is -0.462 e. The lowest BCUT2D eigenvalue weighted by Gasteiger charge is -2.63. The van der Waals surface area contributed by atoms with Gasteiger partial charge in [-0.15, -0.1) is 0 Å². The van der Waals surface area contributed by atoms with Crippen LogP contribution in [0.1, 0.15) is 83.6 Å². The molecule has 0 bridgehead atoms. The highest BCUT2D eigenvalue weighted by molar-refractivity contribution is 5.78. The first kappa shape index (κ1) is 31.1. The summed E-state index contributed by atoms with van der Waals surface area (Å²) in [5.74, 6) is 0.107. The van der Waals surface area contributed by atoms with Crippen LogP contribution in [0, 0.1) is 28.6 Å². The maximum Gasteiger partial charge on any atom is 0.407 e. The summed E-state index contributed by atoms with van der Waals surface area (Å²) < 4.78 is 17.0. The monoisotopic (exact) mass is 613 g/mol. The molecule has 242 valence electrons. The highest BCUT2D eigenvalue weighted by atomic mass is 16.6. The Morgan fingerprint density at radius 2 is 1.93 bits per heavy atom. The number of carbonyl (C=O) groups excluding carboxylic acids is 3. The van der Waals surface area contributed by atoms with Gasteiger partial charge in [-0.25, -0.2) is 9.59 Å². The van der Waals surface area contributed by atoms with E-state index in [2.05, 4.69) is 24.5 Å². The zero-order valence-corrected chi connectivity index (χ0v) is 26.1. The molecule has 2 heterocycles. The third-order valence-electron chi connectivity index (χ3n) is 12.3. The van der Waals surface area contributed by atoms with Gasteiger partial charge < -0.3 is 29.6 Å². The number of hydrogen-bond donors (Lipinski definition) is 3. The lowest BCUT2D eigenvalue weighted by atomic mass is 9.43. The van der Waals surface area contributed by atoms with Gasteiger partial charge in [0, 0.05) is 56.9 Å². The Labute approximate surface area is 258 Å². The van der Waals surface area contributed by atoms with E-state index >= 15 is 0 Å². The first-order valence-electron chi connectivity index (χ1n) is 16.3. The summed E-state index contributed by atoms with van der Waals surface area (Å²) in [7, 11) is 0. The molecule has 0 aromatic carbocycles. The van der Waals surface area contributed by atoms with E-state index in [9.17, 15) is 24.3 Å². The number of esters is 1. The van der Waals surface area contributed by atoms with E-state index in [0.29, 0.717) is 44.4 Å². The number of ether oxygens (including phenoxy) is 2. The van der Waals surface area contributed by atoms with Crippen LogP contribution in [0.3, 0.4) is 0 Å². The lowest BCUT2D eigenvalue weighted by Crippen LogP contribution is -2.62. The maximum absolute atomic E-state index is 12.7. The first-order valence-corrected chi connectivity index (χ1v) is 16.3. The van der Waals surface area contributed by atoms with Gasteiger partial charge in [-0.3, -0.25) is 14.5 Å². The van der Waals surface area contributed by atoms with Crippen LogP contribution < -0.4 is 16.3 Å². The Morgan fingerprint density at radius 3 is 2.66 bits per heavy atom. The van der Waals surface area contributed by atoms with Crippen LogP contribution in [0.15, 0.2) is 27.6 Å². The van der Waals surface area contributed by atoms with Gasteiger partial charge in [0.1, 0.15) is 12.2 Å². The fourth-order valence-electron chi connectivity index (χ4n) is 10.1. The molecule has 9 atom stereocenters. The molecule has 3 N–H and O–H groups in total. The minimum atomic E-state index is -1.03. The van der Waals surface area contributed by atoms with Gasteiger partial charge in [0.05, 0.1) is 18.4 Å². The number of piperazine rings is 1. The van der Waals surface area contributed by atoms with E-state index in [0.717, 1.165) is 57.1 Å². The van der Waals surface area contributed by atoms with E-state index in [1.807, 2.05) is 4.90 Å². The van der Waals surface area contributed by atoms with Gasteiger partial charge in [-0.05, 0) is 79.7 Å². The number of hydrogen-bond acceptors (Lipinski definition) is 9. The normalized spacial score (nSPS) is 40.1. The Morgan fingerprint density at radius 1 is 1.11 bits per heavy atom. The number of amides is 2. The van der Waals surface area contributed by atoms with E-state index in [-0.39, 0.29) is 35.2 Å². The quantitative estimate of drug-likeness (QED) is 0.412. The molecular formula is C33H47N3O8. The van der Waals surface area contributed by atoms with Crippen LogP contribution >= 0.6 is 0 Å². The number of alkyl carbamates (subject to hydrolysis) is 1. The summed E-state index contributed by atoms with van der Waals surface area (Å²) in [5, 5.41) is 18.4. The van der Waals surface area contributed by atoms with Crippen molar-refractivity contribution in [2.75, 3.05) is 32.7 Å². The molecule has 1 saturated heterocycles. The number of fused-ring (bicyclic) bond motifs is 5. The molecule has 4 saturated carbocycles. The van der Waals surface area contributed by atoms with Crippen LogP contribution in [-0.4, -0.2) is 78.5 Å². The van der Waals surface area contributed by atoms with Crippen LogP contribution in [0.5, 0.6) is 0 Å². The topological polar surface area (TPSA) is 147 Å². The molecular weight excluding hydrogens is 566 g/mol. The Balaban J connectivity index is 1.12. The van der Waals surface area contributed by atoms with Crippen LogP contribution in [0.4, 0.5) is 4.79 Å². The number of carbonyl (C=O) groups is 3. The number of nitrogens with zero attached hydrogens (tertiary/aromatic N) is 1. The van der Waals surface area contributed by atoms with Gasteiger partial charge >= 0.3 is 17.7 Å². The maximum atomic E-state index is 12.7. The highest BCUT2D eigenvalue weighted by Crippen LogP contribution is 2.71. The number of rotatable bonds is 6. The second kappa shape index (κ2) is 11.8. The van der Waals surface area contributed by atoms with Crippen molar-refractivity contribution in [1.29, 1.82) is 0 Å². The Kier molecular flexibility index (Phi) is 8.32. The molecule has 0 spiro atoms. The fourth-order valence-corrected chi connectivity index (χ4v) is 10.1. The SMILES string of the molecule is CC(=O)OC1CC2(O)C3CCC4CC(OC(=O)NCCN5CCNC(=O)C5)CCC4(C)C3CCC2(C)C1c1ccc(=O)oc1. The summed E-state index contributed by atoms with van der Waals surface area (Å²) in [6, 6.07) is 3.14. The van der Waals surface area contributed by atoms with Crippen molar-refractivity contribution in [2.24, 2.45) is 28.6 Å². The predicted molar refractivity (Wildman–Crippen MR) is 160 cm³/mol. The first-order chi connectivity index (χ1) is 20.9. The van der Waals surface area contributed by atoms with E-state index < -0.39 is 28.8 Å². The molecule has 2 amide bonds. The van der Waals surface area contributed by atoms with Crippen molar-refractivity contribution in [3.8, 4) is 0 Å². The molecule has 44 heavy (non-hydrogen) atoms. The van der Waals surface area contributed by atoms with Gasteiger partial charge in [0.25, 0.3) is 0 Å². The molecule has 9 unspecified atom stereocenters. The summed E-state index contributed by atoms with van der Waals surface area (Å²) in [6.45, 7) is 8.70. The predicted octanol–water partition coefficient (Wildman–Crippen LogP) is 2.95. The zero-order valence-electron chi connectivity index (χ0n) is 26.1. The van der Waals surface area contributed by atoms with E-state index in [1.54, 1.807) is 6.07 Å². The van der Waals surface area contributed by atoms with Crippen LogP contribution in [0.25, 0.3) is 0 Å². The van der Waals surface area contributed by atoms with E-state index in [1.165, 1.54) is 19.3 Å². The molecule has 6 rings (SSSR count). The van der Waals surface area contributed by atoms with E-state index in [4.69, 9.17) is 13.9 Å². The lowest BCUT2D eigenvalue weighted by molar-refractivity contribution is -0.205. The largest absolute Gasteiger partial charge is 0.462 e. The molecule has 1 aromatic heterocycles. The smallest absolute Gasteiger partial charge is 0.407 e. The average molecular weight is 614 g/mol. The minimum absolute atomic E-state index is 0.0107. The molecule has 1 aliphatic heterocycles. The third kappa shape index (κ3) is 5.44. The average Bonchev–Trinajstić information content (AvgIpc) is 3.19. The van der Waals surface area contributed by atoms with Gasteiger partial charge in [-0.1, -0.05) is 13.8 Å². The molecule has 5 fully saturated rings.